The van der Waals surface area contributed by atoms with Gasteiger partial charge in [0.2, 0.25) is 5.91 Å². The van der Waals surface area contributed by atoms with Crippen LogP contribution in [0.1, 0.15) is 30.6 Å². The van der Waals surface area contributed by atoms with Crippen LogP contribution in [0.15, 0.2) is 45.6 Å². The number of anilines is 1. The second-order valence-corrected chi connectivity index (χ2v) is 6.77. The van der Waals surface area contributed by atoms with Crippen molar-refractivity contribution in [2.24, 2.45) is 5.92 Å². The maximum absolute atomic E-state index is 12.7. The lowest BCUT2D eigenvalue weighted by Crippen LogP contribution is -2.39. The quantitative estimate of drug-likeness (QED) is 0.779. The van der Waals surface area contributed by atoms with Crippen LogP contribution in [0.4, 0.5) is 5.82 Å². The van der Waals surface area contributed by atoms with Crippen molar-refractivity contribution in [2.75, 3.05) is 18.4 Å². The minimum atomic E-state index is -0.309. The summed E-state index contributed by atoms with van der Waals surface area (Å²) in [4.78, 5) is 26.5. The number of aromatic nitrogens is 1. The summed E-state index contributed by atoms with van der Waals surface area (Å²) in [6, 6.07) is 8.69. The molecule has 2 aromatic rings. The molecule has 0 spiro atoms. The minimum Gasteiger partial charge on any atom is -0.363 e. The van der Waals surface area contributed by atoms with Gasteiger partial charge in [-0.1, -0.05) is 41.0 Å². The summed E-state index contributed by atoms with van der Waals surface area (Å²) < 4.78 is 5.50. The van der Waals surface area contributed by atoms with Gasteiger partial charge >= 0.3 is 0 Å². The third-order valence-corrected chi connectivity index (χ3v) is 3.87. The molecule has 0 fully saturated rings. The zero-order valence-corrected chi connectivity index (χ0v) is 15.2. The van der Waals surface area contributed by atoms with Gasteiger partial charge in [0.15, 0.2) is 5.82 Å². The number of nitrogens with one attached hydrogen (secondary N) is 1. The molecule has 2 amide bonds. The monoisotopic (exact) mass is 393 g/mol. The number of rotatable bonds is 7. The summed E-state index contributed by atoms with van der Waals surface area (Å²) in [6.07, 6.45) is 2.19. The van der Waals surface area contributed by atoms with Crippen molar-refractivity contribution in [3.05, 3.63) is 46.6 Å². The Hall–Kier alpha value is -2.15. The van der Waals surface area contributed by atoms with Crippen LogP contribution in [-0.4, -0.2) is 35.0 Å². The van der Waals surface area contributed by atoms with Gasteiger partial charge < -0.3 is 14.7 Å². The van der Waals surface area contributed by atoms with Gasteiger partial charge in [-0.25, -0.2) is 0 Å². The molecule has 2 rings (SSSR count). The van der Waals surface area contributed by atoms with Crippen molar-refractivity contribution < 1.29 is 14.1 Å². The van der Waals surface area contributed by atoms with Gasteiger partial charge in [-0.15, -0.1) is 0 Å². The first-order valence-corrected chi connectivity index (χ1v) is 8.50. The standard InChI is InChI=1S/C17H20BrN3O3/c1-12(2)6-8-21(11-16(22)19-15-7-9-24-20-15)17(23)13-4-3-5-14(18)10-13/h3-5,7,9-10,12H,6,8,11H2,1-2H3,(H,19,20,22). The van der Waals surface area contributed by atoms with E-state index < -0.39 is 0 Å². The third kappa shape index (κ3) is 5.49. The summed E-state index contributed by atoms with van der Waals surface area (Å²) in [5.41, 5.74) is 0.544. The van der Waals surface area contributed by atoms with Crippen molar-refractivity contribution >= 4 is 33.6 Å². The Kier molecular flexibility index (Phi) is 6.54. The molecule has 6 nitrogen and oxygen atoms in total. The van der Waals surface area contributed by atoms with Crippen molar-refractivity contribution in [3.8, 4) is 0 Å². The zero-order chi connectivity index (χ0) is 17.5. The summed E-state index contributed by atoms with van der Waals surface area (Å²) in [5.74, 6) is 0.281. The van der Waals surface area contributed by atoms with E-state index in [0.29, 0.717) is 23.8 Å². The Morgan fingerprint density at radius 2 is 2.12 bits per heavy atom. The average Bonchev–Trinajstić information content (AvgIpc) is 3.03. The summed E-state index contributed by atoms with van der Waals surface area (Å²) in [7, 11) is 0. The van der Waals surface area contributed by atoms with E-state index in [-0.39, 0.29) is 18.4 Å². The molecule has 0 saturated carbocycles. The predicted octanol–water partition coefficient (Wildman–Crippen LogP) is 3.56. The van der Waals surface area contributed by atoms with Crippen LogP contribution in [0.2, 0.25) is 0 Å². The molecule has 1 aromatic carbocycles. The molecule has 0 atom stereocenters. The molecule has 0 aliphatic rings. The highest BCUT2D eigenvalue weighted by atomic mass is 79.9. The maximum Gasteiger partial charge on any atom is 0.254 e. The van der Waals surface area contributed by atoms with Gasteiger partial charge in [0, 0.05) is 22.6 Å². The van der Waals surface area contributed by atoms with E-state index in [2.05, 4.69) is 44.8 Å². The van der Waals surface area contributed by atoms with E-state index in [0.717, 1.165) is 10.9 Å². The molecule has 128 valence electrons. The van der Waals surface area contributed by atoms with Gasteiger partial charge in [0.1, 0.15) is 12.8 Å². The lowest BCUT2D eigenvalue weighted by molar-refractivity contribution is -0.117. The van der Waals surface area contributed by atoms with E-state index in [4.69, 9.17) is 0 Å². The molecule has 7 heteroatoms. The normalized spacial score (nSPS) is 10.7. The SMILES string of the molecule is CC(C)CCN(CC(=O)Nc1ccon1)C(=O)c1cccc(Br)c1. The summed E-state index contributed by atoms with van der Waals surface area (Å²) in [6.45, 7) is 4.63. The fraction of sp³-hybridized carbons (Fsp3) is 0.353. The Morgan fingerprint density at radius 1 is 1.33 bits per heavy atom. The molecule has 0 aliphatic carbocycles. The number of carbonyl (C=O) groups is 2. The second kappa shape index (κ2) is 8.63. The van der Waals surface area contributed by atoms with E-state index in [1.54, 1.807) is 29.2 Å². The lowest BCUT2D eigenvalue weighted by atomic mass is 10.1. The molecule has 1 N–H and O–H groups in total. The van der Waals surface area contributed by atoms with Crippen LogP contribution >= 0.6 is 15.9 Å². The van der Waals surface area contributed by atoms with Gasteiger partial charge in [-0.3, -0.25) is 9.59 Å². The number of carbonyl (C=O) groups excluding carboxylic acids is 2. The number of nitrogens with zero attached hydrogens (tertiary/aromatic N) is 2. The van der Waals surface area contributed by atoms with Gasteiger partial charge in [-0.05, 0) is 30.5 Å². The molecule has 0 radical (unpaired) electrons. The molecule has 0 unspecified atom stereocenters. The highest BCUT2D eigenvalue weighted by Gasteiger charge is 2.19. The van der Waals surface area contributed by atoms with Crippen LogP contribution in [0.5, 0.6) is 0 Å². The first kappa shape index (κ1) is 18.2. The average molecular weight is 394 g/mol. The van der Waals surface area contributed by atoms with Crippen molar-refractivity contribution in [1.82, 2.24) is 10.1 Å². The molecule has 0 aliphatic heterocycles. The van der Waals surface area contributed by atoms with Crippen LogP contribution in [0.25, 0.3) is 0 Å². The minimum absolute atomic E-state index is 0.0368. The number of halogens is 1. The van der Waals surface area contributed by atoms with E-state index in [9.17, 15) is 9.59 Å². The Morgan fingerprint density at radius 3 is 2.75 bits per heavy atom. The predicted molar refractivity (Wildman–Crippen MR) is 94.6 cm³/mol. The Balaban J connectivity index is 2.08. The van der Waals surface area contributed by atoms with E-state index >= 15 is 0 Å². The first-order chi connectivity index (χ1) is 11.5. The van der Waals surface area contributed by atoms with Crippen molar-refractivity contribution in [2.45, 2.75) is 20.3 Å². The van der Waals surface area contributed by atoms with Gasteiger partial charge in [-0.2, -0.15) is 0 Å². The third-order valence-electron chi connectivity index (χ3n) is 3.37. The number of hydrogen-bond donors (Lipinski definition) is 1. The first-order valence-electron chi connectivity index (χ1n) is 7.71. The maximum atomic E-state index is 12.7. The van der Waals surface area contributed by atoms with Crippen LogP contribution in [-0.2, 0) is 4.79 Å². The molecule has 1 heterocycles. The molecular weight excluding hydrogens is 374 g/mol. The second-order valence-electron chi connectivity index (χ2n) is 5.85. The van der Waals surface area contributed by atoms with E-state index in [1.165, 1.54) is 6.26 Å². The number of hydrogen-bond acceptors (Lipinski definition) is 4. The fourth-order valence-electron chi connectivity index (χ4n) is 2.10. The summed E-state index contributed by atoms with van der Waals surface area (Å²) in [5, 5.41) is 6.25. The summed E-state index contributed by atoms with van der Waals surface area (Å²) >= 11 is 3.36. The highest BCUT2D eigenvalue weighted by Crippen LogP contribution is 2.15. The van der Waals surface area contributed by atoms with Crippen LogP contribution in [0, 0.1) is 5.92 Å². The number of amides is 2. The van der Waals surface area contributed by atoms with Gasteiger partial charge in [0.05, 0.1) is 0 Å². The molecular formula is C17H20BrN3O3. The van der Waals surface area contributed by atoms with Crippen molar-refractivity contribution in [1.29, 1.82) is 0 Å². The topological polar surface area (TPSA) is 75.4 Å². The lowest BCUT2D eigenvalue weighted by Gasteiger charge is -2.23. The number of benzene rings is 1. The smallest absolute Gasteiger partial charge is 0.254 e. The van der Waals surface area contributed by atoms with Crippen molar-refractivity contribution in [3.63, 3.8) is 0 Å². The van der Waals surface area contributed by atoms with Crippen LogP contribution in [0.3, 0.4) is 0 Å². The Labute approximate surface area is 149 Å². The fourth-order valence-corrected chi connectivity index (χ4v) is 2.50. The van der Waals surface area contributed by atoms with Gasteiger partial charge in [0.25, 0.3) is 5.91 Å². The molecule has 24 heavy (non-hydrogen) atoms. The molecule has 0 bridgehead atoms. The Bertz CT molecular complexity index is 686. The largest absolute Gasteiger partial charge is 0.363 e. The zero-order valence-electron chi connectivity index (χ0n) is 13.7. The van der Waals surface area contributed by atoms with Crippen LogP contribution < -0.4 is 5.32 Å². The molecule has 1 aromatic heterocycles. The van der Waals surface area contributed by atoms with E-state index in [1.807, 2.05) is 6.07 Å². The molecule has 0 saturated heterocycles. The highest BCUT2D eigenvalue weighted by molar-refractivity contribution is 9.10.